The first kappa shape index (κ1) is 27.0. The minimum Gasteiger partial charge on any atom is -0.467 e. The Labute approximate surface area is 212 Å². The molecule has 1 aromatic carbocycles. The van der Waals surface area contributed by atoms with E-state index in [1.165, 1.54) is 30.5 Å². The number of hydrogen-bond acceptors (Lipinski definition) is 7. The van der Waals surface area contributed by atoms with Crippen molar-refractivity contribution in [2.75, 3.05) is 0 Å². The monoisotopic (exact) mass is 522 g/mol. The summed E-state index contributed by atoms with van der Waals surface area (Å²) in [6, 6.07) is 5.10. The number of amides is 1. The van der Waals surface area contributed by atoms with Gasteiger partial charge in [-0.15, -0.1) is 0 Å². The molecule has 1 amide bonds. The van der Waals surface area contributed by atoms with E-state index in [0.717, 1.165) is 17.1 Å². The normalized spacial score (nSPS) is 14.0. The van der Waals surface area contributed by atoms with Gasteiger partial charge in [0.25, 0.3) is 0 Å². The van der Waals surface area contributed by atoms with Gasteiger partial charge in [-0.2, -0.15) is 5.10 Å². The van der Waals surface area contributed by atoms with Crippen LogP contribution in [0.3, 0.4) is 0 Å². The minimum atomic E-state index is -2.09. The third-order valence-corrected chi connectivity index (χ3v) is 5.51. The molecule has 36 heavy (non-hydrogen) atoms. The molecule has 0 aliphatic carbocycles. The molecular weight excluding hydrogens is 494 g/mol. The Morgan fingerprint density at radius 2 is 2.08 bits per heavy atom. The van der Waals surface area contributed by atoms with Crippen LogP contribution in [-0.4, -0.2) is 47.7 Å². The molecule has 2 atom stereocenters. The molecule has 0 aliphatic rings. The predicted molar refractivity (Wildman–Crippen MR) is 129 cm³/mol. The van der Waals surface area contributed by atoms with Gasteiger partial charge in [-0.1, -0.05) is 6.07 Å². The molecule has 2 aromatic heterocycles. The summed E-state index contributed by atoms with van der Waals surface area (Å²) in [5.41, 5.74) is -0.631. The number of benzene rings is 1. The number of hydrazine groups is 1. The van der Waals surface area contributed by atoms with Crippen molar-refractivity contribution in [1.82, 2.24) is 30.5 Å². The Balaban J connectivity index is 1.99. The number of aromatic nitrogens is 3. The number of nitrogens with zero attached hydrogens (tertiary/aromatic N) is 4. The number of furan rings is 1. The molecule has 194 valence electrons. The van der Waals surface area contributed by atoms with Crippen molar-refractivity contribution < 1.29 is 27.8 Å². The van der Waals surface area contributed by atoms with Crippen molar-refractivity contribution in [1.29, 1.82) is 0 Å². The van der Waals surface area contributed by atoms with Crippen LogP contribution in [0.25, 0.3) is 0 Å². The lowest BCUT2D eigenvalue weighted by Gasteiger charge is -2.42. The molecule has 0 aliphatic heterocycles. The second-order valence-corrected chi connectivity index (χ2v) is 9.43. The summed E-state index contributed by atoms with van der Waals surface area (Å²) >= 11 is 5.51. The van der Waals surface area contributed by atoms with E-state index in [1.807, 2.05) is 0 Å². The lowest BCUT2D eigenvalue weighted by Crippen LogP contribution is -2.62. The fourth-order valence-corrected chi connectivity index (χ4v) is 3.72. The van der Waals surface area contributed by atoms with Crippen LogP contribution in [0.4, 0.5) is 13.6 Å². The van der Waals surface area contributed by atoms with E-state index in [2.05, 4.69) is 20.8 Å². The zero-order valence-corrected chi connectivity index (χ0v) is 21.1. The van der Waals surface area contributed by atoms with Gasteiger partial charge in [-0.05, 0) is 58.1 Å². The summed E-state index contributed by atoms with van der Waals surface area (Å²) in [7, 11) is 0. The Kier molecular flexibility index (Phi) is 8.25. The quantitative estimate of drug-likeness (QED) is 0.318. The first-order chi connectivity index (χ1) is 16.9. The fourth-order valence-electron chi connectivity index (χ4n) is 3.44. The van der Waals surface area contributed by atoms with Crippen molar-refractivity contribution in [3.8, 4) is 0 Å². The van der Waals surface area contributed by atoms with Crippen LogP contribution in [0.15, 0.2) is 53.7 Å². The molecule has 2 heterocycles. The van der Waals surface area contributed by atoms with Crippen LogP contribution in [0.1, 0.15) is 39.0 Å². The van der Waals surface area contributed by atoms with Gasteiger partial charge in [-0.3, -0.25) is 5.01 Å². The number of nitrogens with one attached hydrogen (secondary N) is 2. The molecule has 2 unspecified atom stereocenters. The molecule has 0 saturated carbocycles. The van der Waals surface area contributed by atoms with Crippen LogP contribution in [0.5, 0.6) is 0 Å². The topological polar surface area (TPSA) is 118 Å². The third kappa shape index (κ3) is 6.76. The van der Waals surface area contributed by atoms with Crippen molar-refractivity contribution in [2.24, 2.45) is 0 Å². The molecule has 3 N–H and O–H groups in total. The summed E-state index contributed by atoms with van der Waals surface area (Å²) < 4.78 is 40.6. The molecule has 0 bridgehead atoms. The average molecular weight is 523 g/mol. The highest BCUT2D eigenvalue weighted by Crippen LogP contribution is 2.32. The van der Waals surface area contributed by atoms with Crippen LogP contribution in [0, 0.1) is 11.6 Å². The number of hydrogen-bond donors (Lipinski definition) is 3. The van der Waals surface area contributed by atoms with Gasteiger partial charge in [-0.25, -0.2) is 28.7 Å². The smallest absolute Gasteiger partial charge is 0.426 e. The molecule has 3 aromatic rings. The third-order valence-electron chi connectivity index (χ3n) is 5.17. The Morgan fingerprint density at radius 3 is 2.67 bits per heavy atom. The largest absolute Gasteiger partial charge is 0.467 e. The number of carbonyl (C=O) groups excluding carboxylic acids is 1. The number of thiocarbonyl (C=S) groups is 1. The number of aliphatic hydroxyl groups is 1. The molecule has 0 fully saturated rings. The van der Waals surface area contributed by atoms with Gasteiger partial charge in [0.15, 0.2) is 5.11 Å². The van der Waals surface area contributed by atoms with Gasteiger partial charge in [0.05, 0.1) is 25.4 Å². The lowest BCUT2D eigenvalue weighted by molar-refractivity contribution is -0.0583. The van der Waals surface area contributed by atoms with Crippen molar-refractivity contribution in [3.63, 3.8) is 0 Å². The standard InChI is InChI=1S/C23H28F2N6O4S/c1-15(23(33,12-30-14-26-13-28-30)18-8-7-16(24)10-19(18)25)31(29-21(32)35-22(2,3)4)20(36)27-11-17-6-5-9-34-17/h5-10,13-15,33H,11-12H2,1-4H3,(H,27,36)(H,29,32). The number of ether oxygens (including phenoxy) is 1. The highest BCUT2D eigenvalue weighted by molar-refractivity contribution is 7.80. The van der Waals surface area contributed by atoms with Crippen molar-refractivity contribution in [2.45, 2.75) is 58.0 Å². The molecule has 0 spiro atoms. The Morgan fingerprint density at radius 1 is 1.33 bits per heavy atom. The molecule has 10 nitrogen and oxygen atoms in total. The van der Waals surface area contributed by atoms with Crippen LogP contribution >= 0.6 is 12.2 Å². The maximum absolute atomic E-state index is 15.0. The van der Waals surface area contributed by atoms with E-state index in [4.69, 9.17) is 21.4 Å². The Hall–Kier alpha value is -3.58. The van der Waals surface area contributed by atoms with Crippen LogP contribution in [0.2, 0.25) is 0 Å². The summed E-state index contributed by atoms with van der Waals surface area (Å²) in [6.45, 7) is 6.42. The van der Waals surface area contributed by atoms with Gasteiger partial charge in [0.2, 0.25) is 0 Å². The van der Waals surface area contributed by atoms with Crippen molar-refractivity contribution >= 4 is 23.4 Å². The van der Waals surface area contributed by atoms with Crippen LogP contribution < -0.4 is 10.7 Å². The average Bonchev–Trinajstić information content (AvgIpc) is 3.48. The Bertz CT molecular complexity index is 1170. The van der Waals surface area contributed by atoms with E-state index in [1.54, 1.807) is 32.9 Å². The first-order valence-electron chi connectivity index (χ1n) is 11.0. The summed E-state index contributed by atoms with van der Waals surface area (Å²) in [5.74, 6) is -1.24. The van der Waals surface area contributed by atoms with E-state index in [0.29, 0.717) is 11.8 Å². The summed E-state index contributed by atoms with van der Waals surface area (Å²) in [5, 5.41) is 20.0. The van der Waals surface area contributed by atoms with Crippen molar-refractivity contribution in [3.05, 3.63) is 72.2 Å². The summed E-state index contributed by atoms with van der Waals surface area (Å²) in [4.78, 5) is 16.5. The fraction of sp³-hybridized carbons (Fsp3) is 0.391. The summed E-state index contributed by atoms with van der Waals surface area (Å²) in [6.07, 6.45) is 3.21. The number of carbonyl (C=O) groups is 1. The van der Waals surface area contributed by atoms with E-state index in [9.17, 15) is 18.7 Å². The van der Waals surface area contributed by atoms with E-state index in [-0.39, 0.29) is 23.8 Å². The van der Waals surface area contributed by atoms with E-state index < -0.39 is 35.0 Å². The van der Waals surface area contributed by atoms with Gasteiger partial charge < -0.3 is 19.6 Å². The highest BCUT2D eigenvalue weighted by atomic mass is 32.1. The molecule has 13 heteroatoms. The number of halogens is 2. The maximum Gasteiger partial charge on any atom is 0.426 e. The SMILES string of the molecule is CC(N(NC(=O)OC(C)(C)C)C(=S)NCc1ccco1)C(O)(Cn1cncn1)c1ccc(F)cc1F. The van der Waals surface area contributed by atoms with Gasteiger partial charge in [0, 0.05) is 11.6 Å². The zero-order valence-electron chi connectivity index (χ0n) is 20.2. The molecule has 0 radical (unpaired) electrons. The van der Waals surface area contributed by atoms with Crippen LogP contribution in [-0.2, 0) is 23.4 Å². The second-order valence-electron chi connectivity index (χ2n) is 9.04. The first-order valence-corrected chi connectivity index (χ1v) is 11.4. The zero-order chi connectivity index (χ0) is 26.5. The van der Waals surface area contributed by atoms with E-state index >= 15 is 0 Å². The highest BCUT2D eigenvalue weighted by Gasteiger charge is 2.44. The predicted octanol–water partition coefficient (Wildman–Crippen LogP) is 3.24. The maximum atomic E-state index is 15.0. The lowest BCUT2D eigenvalue weighted by atomic mass is 9.86. The van der Waals surface area contributed by atoms with Gasteiger partial charge in [0.1, 0.15) is 41.3 Å². The molecule has 0 saturated heterocycles. The number of rotatable bonds is 7. The molecule has 3 rings (SSSR count). The molecular formula is C23H28F2N6O4S. The second kappa shape index (κ2) is 11.0. The van der Waals surface area contributed by atoms with Gasteiger partial charge >= 0.3 is 6.09 Å². The minimum absolute atomic E-state index is 0.0238.